The Hall–Kier alpha value is -2.08. The highest BCUT2D eigenvalue weighted by molar-refractivity contribution is 9.10. The quantitative estimate of drug-likeness (QED) is 0.560. The fourth-order valence-corrected chi connectivity index (χ4v) is 3.80. The van der Waals surface area contributed by atoms with Crippen molar-refractivity contribution in [3.8, 4) is 0 Å². The first-order valence-corrected chi connectivity index (χ1v) is 9.94. The Morgan fingerprint density at radius 1 is 1.19 bits per heavy atom. The molecule has 26 heavy (non-hydrogen) atoms. The van der Waals surface area contributed by atoms with Crippen molar-refractivity contribution < 1.29 is 0 Å². The van der Waals surface area contributed by atoms with Gasteiger partial charge in [-0.1, -0.05) is 19.9 Å². The number of nitrogens with one attached hydrogen (secondary N) is 1. The largest absolute Gasteiger partial charge is 0.370 e. The molecule has 0 aliphatic rings. The molecule has 2 heterocycles. The minimum Gasteiger partial charge on any atom is -0.370 e. The van der Waals surface area contributed by atoms with Crippen molar-refractivity contribution in [3.63, 3.8) is 0 Å². The lowest BCUT2D eigenvalue weighted by Crippen LogP contribution is -2.25. The smallest absolute Gasteiger partial charge is 0.209 e. The fraction of sp³-hybridized carbons (Fsp3) is 0.400. The van der Waals surface area contributed by atoms with Gasteiger partial charge in [0.05, 0.1) is 21.2 Å². The number of nitrogens with zero attached hydrogens (tertiary/aromatic N) is 4. The van der Waals surface area contributed by atoms with Crippen molar-refractivity contribution >= 4 is 44.4 Å². The molecule has 0 bridgehead atoms. The minimum atomic E-state index is 0.773. The van der Waals surface area contributed by atoms with Crippen molar-refractivity contribution in [1.29, 1.82) is 0 Å². The van der Waals surface area contributed by atoms with E-state index >= 15 is 0 Å². The summed E-state index contributed by atoms with van der Waals surface area (Å²) in [6.45, 7) is 8.57. The minimum absolute atomic E-state index is 0.773. The SMILES string of the molecule is CCCN(CCC)c1cccc2nc(Nc3ncc(C)cc3Br)n(C)c12. The lowest BCUT2D eigenvalue weighted by atomic mass is 10.2. The Bertz CT molecular complexity index is 897. The summed E-state index contributed by atoms with van der Waals surface area (Å²) in [6, 6.07) is 8.40. The maximum Gasteiger partial charge on any atom is 0.209 e. The predicted octanol–water partition coefficient (Wildman–Crippen LogP) is 5.41. The van der Waals surface area contributed by atoms with Gasteiger partial charge in [-0.05, 0) is 59.5 Å². The normalized spacial score (nSPS) is 11.1. The molecule has 3 rings (SSSR count). The highest BCUT2D eigenvalue weighted by Crippen LogP contribution is 2.31. The van der Waals surface area contributed by atoms with Gasteiger partial charge in [0.15, 0.2) is 0 Å². The van der Waals surface area contributed by atoms with E-state index in [1.54, 1.807) is 0 Å². The summed E-state index contributed by atoms with van der Waals surface area (Å²) < 4.78 is 3.06. The van der Waals surface area contributed by atoms with Crippen LogP contribution in [0, 0.1) is 6.92 Å². The van der Waals surface area contributed by atoms with E-state index in [1.165, 1.54) is 5.69 Å². The zero-order valence-corrected chi connectivity index (χ0v) is 17.5. The number of hydrogen-bond acceptors (Lipinski definition) is 4. The highest BCUT2D eigenvalue weighted by atomic mass is 79.9. The van der Waals surface area contributed by atoms with Gasteiger partial charge in [0.25, 0.3) is 0 Å². The van der Waals surface area contributed by atoms with Crippen LogP contribution in [0.15, 0.2) is 34.9 Å². The molecule has 3 aromatic rings. The van der Waals surface area contributed by atoms with Gasteiger partial charge in [-0.2, -0.15) is 0 Å². The first kappa shape index (κ1) is 18.7. The molecule has 0 saturated carbocycles. The summed E-state index contributed by atoms with van der Waals surface area (Å²) in [6.07, 6.45) is 4.10. The predicted molar refractivity (Wildman–Crippen MR) is 113 cm³/mol. The third-order valence-electron chi connectivity index (χ3n) is 4.41. The average Bonchev–Trinajstić information content (AvgIpc) is 2.93. The number of benzene rings is 1. The van der Waals surface area contributed by atoms with Crippen LogP contribution in [0.3, 0.4) is 0 Å². The molecule has 0 unspecified atom stereocenters. The first-order valence-electron chi connectivity index (χ1n) is 9.14. The second kappa shape index (κ2) is 8.08. The Morgan fingerprint density at radius 3 is 2.58 bits per heavy atom. The number of pyridine rings is 1. The summed E-state index contributed by atoms with van der Waals surface area (Å²) in [5, 5.41) is 3.36. The van der Waals surface area contributed by atoms with E-state index in [4.69, 9.17) is 4.98 Å². The van der Waals surface area contributed by atoms with Gasteiger partial charge in [0, 0.05) is 26.3 Å². The number of imidazole rings is 1. The standard InChI is InChI=1S/C20H26BrN5/c1-5-10-26(11-6-2)17-9-7-8-16-18(17)25(4)20(23-16)24-19-15(21)12-14(3)13-22-19/h7-9,12-13H,5-6,10-11H2,1-4H3,(H,22,23,24). The van der Waals surface area contributed by atoms with Crippen LogP contribution < -0.4 is 10.2 Å². The molecule has 2 aromatic heterocycles. The number of rotatable bonds is 7. The van der Waals surface area contributed by atoms with Crippen molar-refractivity contribution in [1.82, 2.24) is 14.5 Å². The summed E-state index contributed by atoms with van der Waals surface area (Å²) in [5.41, 5.74) is 4.50. The van der Waals surface area contributed by atoms with E-state index < -0.39 is 0 Å². The zero-order chi connectivity index (χ0) is 18.7. The van der Waals surface area contributed by atoms with Gasteiger partial charge in [-0.25, -0.2) is 9.97 Å². The fourth-order valence-electron chi connectivity index (χ4n) is 3.24. The summed E-state index contributed by atoms with van der Waals surface area (Å²) >= 11 is 3.58. The van der Waals surface area contributed by atoms with Crippen molar-refractivity contribution in [2.75, 3.05) is 23.3 Å². The van der Waals surface area contributed by atoms with Gasteiger partial charge < -0.3 is 14.8 Å². The van der Waals surface area contributed by atoms with Crippen LogP contribution in [0.25, 0.3) is 11.0 Å². The second-order valence-corrected chi connectivity index (χ2v) is 7.45. The van der Waals surface area contributed by atoms with Crippen LogP contribution in [0.5, 0.6) is 0 Å². The topological polar surface area (TPSA) is 46.0 Å². The van der Waals surface area contributed by atoms with E-state index in [1.807, 2.05) is 19.2 Å². The van der Waals surface area contributed by atoms with Gasteiger partial charge in [0.1, 0.15) is 5.82 Å². The molecule has 0 spiro atoms. The third-order valence-corrected chi connectivity index (χ3v) is 5.01. The lowest BCUT2D eigenvalue weighted by Gasteiger charge is -2.24. The van der Waals surface area contributed by atoms with Crippen LogP contribution in [0.1, 0.15) is 32.3 Å². The van der Waals surface area contributed by atoms with Crippen LogP contribution in [-0.2, 0) is 7.05 Å². The van der Waals surface area contributed by atoms with Crippen molar-refractivity contribution in [3.05, 3.63) is 40.5 Å². The molecule has 138 valence electrons. The molecular weight excluding hydrogens is 390 g/mol. The van der Waals surface area contributed by atoms with Gasteiger partial charge >= 0.3 is 0 Å². The zero-order valence-electron chi connectivity index (χ0n) is 15.9. The molecule has 0 radical (unpaired) electrons. The summed E-state index contributed by atoms with van der Waals surface area (Å²) in [5.74, 6) is 1.56. The number of halogens is 1. The molecular formula is C20H26BrN5. The van der Waals surface area contributed by atoms with Crippen molar-refractivity contribution in [2.45, 2.75) is 33.6 Å². The molecule has 0 saturated heterocycles. The molecule has 1 aromatic carbocycles. The molecule has 6 heteroatoms. The molecule has 0 amide bonds. The number of fused-ring (bicyclic) bond motifs is 1. The van der Waals surface area contributed by atoms with Gasteiger partial charge in [-0.15, -0.1) is 0 Å². The highest BCUT2D eigenvalue weighted by Gasteiger charge is 2.16. The van der Waals surface area contributed by atoms with Crippen LogP contribution in [0.4, 0.5) is 17.5 Å². The van der Waals surface area contributed by atoms with Gasteiger partial charge in [0.2, 0.25) is 5.95 Å². The second-order valence-electron chi connectivity index (χ2n) is 6.59. The molecule has 0 aliphatic carbocycles. The van der Waals surface area contributed by atoms with E-state index in [0.717, 1.165) is 58.8 Å². The van der Waals surface area contributed by atoms with Crippen LogP contribution in [-0.4, -0.2) is 27.6 Å². The first-order chi connectivity index (χ1) is 12.5. The Balaban J connectivity index is 2.04. The number of aromatic nitrogens is 3. The molecule has 5 nitrogen and oxygen atoms in total. The van der Waals surface area contributed by atoms with Crippen molar-refractivity contribution in [2.24, 2.45) is 7.05 Å². The van der Waals surface area contributed by atoms with Crippen LogP contribution in [0.2, 0.25) is 0 Å². The monoisotopic (exact) mass is 415 g/mol. The molecule has 1 N–H and O–H groups in total. The molecule has 0 atom stereocenters. The molecule has 0 fully saturated rings. The Morgan fingerprint density at radius 2 is 1.92 bits per heavy atom. The van der Waals surface area contributed by atoms with E-state index in [2.05, 4.69) is 74.8 Å². The van der Waals surface area contributed by atoms with E-state index in [9.17, 15) is 0 Å². The average molecular weight is 416 g/mol. The maximum absolute atomic E-state index is 4.80. The van der Waals surface area contributed by atoms with Gasteiger partial charge in [-0.3, -0.25) is 0 Å². The Labute approximate surface area is 163 Å². The number of hydrogen-bond donors (Lipinski definition) is 1. The summed E-state index contributed by atoms with van der Waals surface area (Å²) in [7, 11) is 2.05. The number of anilines is 3. The van der Waals surface area contributed by atoms with Crippen LogP contribution >= 0.6 is 15.9 Å². The number of aryl methyl sites for hydroxylation is 2. The van der Waals surface area contributed by atoms with E-state index in [-0.39, 0.29) is 0 Å². The molecule has 0 aliphatic heterocycles. The Kier molecular flexibility index (Phi) is 5.81. The maximum atomic E-state index is 4.80. The lowest BCUT2D eigenvalue weighted by molar-refractivity contribution is 0.745. The third kappa shape index (κ3) is 3.70. The number of para-hydroxylation sites is 1. The summed E-state index contributed by atoms with van der Waals surface area (Å²) in [4.78, 5) is 11.7. The van der Waals surface area contributed by atoms with E-state index in [0.29, 0.717) is 0 Å².